The van der Waals surface area contributed by atoms with E-state index in [1.54, 1.807) is 18.3 Å². The second-order valence-electron chi connectivity index (χ2n) is 5.58. The van der Waals surface area contributed by atoms with Gasteiger partial charge in [0.2, 0.25) is 0 Å². The first-order valence-corrected chi connectivity index (χ1v) is 9.83. The number of carbonyl (C=O) groups is 2. The van der Waals surface area contributed by atoms with Crippen molar-refractivity contribution in [2.75, 3.05) is 19.4 Å². The minimum absolute atomic E-state index is 0.0249. The van der Waals surface area contributed by atoms with Crippen LogP contribution in [0.1, 0.15) is 16.8 Å². The van der Waals surface area contributed by atoms with E-state index in [0.717, 1.165) is 6.07 Å². The number of thioether (sulfide) groups is 1. The number of pyridine rings is 1. The quantitative estimate of drug-likeness (QED) is 0.604. The lowest BCUT2D eigenvalue weighted by molar-refractivity contribution is -0.122. The van der Waals surface area contributed by atoms with Crippen LogP contribution in [0.4, 0.5) is 4.39 Å². The Morgan fingerprint density at radius 1 is 1.36 bits per heavy atom. The number of rotatable bonds is 9. The van der Waals surface area contributed by atoms with Gasteiger partial charge in [-0.15, -0.1) is 11.8 Å². The van der Waals surface area contributed by atoms with Gasteiger partial charge >= 0.3 is 0 Å². The third-order valence-corrected chi connectivity index (χ3v) is 4.52. The van der Waals surface area contributed by atoms with E-state index in [4.69, 9.17) is 16.3 Å². The first-order valence-electron chi connectivity index (χ1n) is 8.23. The molecule has 0 aliphatic heterocycles. The van der Waals surface area contributed by atoms with Gasteiger partial charge in [-0.1, -0.05) is 18.2 Å². The van der Waals surface area contributed by atoms with Crippen molar-refractivity contribution in [2.45, 2.75) is 11.4 Å². The largest absolute Gasteiger partial charge is 0.484 e. The predicted molar refractivity (Wildman–Crippen MR) is 107 cm³/mol. The van der Waals surface area contributed by atoms with Gasteiger partial charge in [0.25, 0.3) is 11.8 Å². The Labute approximate surface area is 171 Å². The van der Waals surface area contributed by atoms with Gasteiger partial charge in [0, 0.05) is 30.9 Å². The van der Waals surface area contributed by atoms with Crippen molar-refractivity contribution in [3.8, 4) is 5.75 Å². The van der Waals surface area contributed by atoms with Crippen molar-refractivity contribution in [3.63, 3.8) is 0 Å². The Morgan fingerprint density at radius 2 is 2.14 bits per heavy atom. The first-order chi connectivity index (χ1) is 13.4. The van der Waals surface area contributed by atoms with Gasteiger partial charge in [-0.2, -0.15) is 0 Å². The van der Waals surface area contributed by atoms with Crippen LogP contribution in [0.5, 0.6) is 5.75 Å². The molecule has 1 aromatic carbocycles. The fraction of sp³-hybridized carbons (Fsp3) is 0.211. The molecular formula is C19H19ClFN3O3S. The van der Waals surface area contributed by atoms with E-state index in [0.29, 0.717) is 29.3 Å². The van der Waals surface area contributed by atoms with E-state index in [1.807, 2.05) is 6.26 Å². The maximum atomic E-state index is 13.3. The summed E-state index contributed by atoms with van der Waals surface area (Å²) in [5, 5.41) is 5.94. The number of halogens is 2. The van der Waals surface area contributed by atoms with E-state index in [2.05, 4.69) is 22.2 Å². The van der Waals surface area contributed by atoms with E-state index in [1.165, 1.54) is 23.9 Å². The van der Waals surface area contributed by atoms with Crippen LogP contribution in [0.2, 0.25) is 5.02 Å². The van der Waals surface area contributed by atoms with Crippen LogP contribution < -0.4 is 15.4 Å². The number of nitrogens with one attached hydrogen (secondary N) is 2. The number of hydrogen-bond donors (Lipinski definition) is 2. The van der Waals surface area contributed by atoms with E-state index in [9.17, 15) is 14.0 Å². The van der Waals surface area contributed by atoms with Crippen LogP contribution in [0.15, 0.2) is 53.8 Å². The molecule has 9 heteroatoms. The van der Waals surface area contributed by atoms with Gasteiger partial charge in [0.05, 0.1) is 10.6 Å². The Morgan fingerprint density at radius 3 is 2.86 bits per heavy atom. The highest BCUT2D eigenvalue weighted by molar-refractivity contribution is 7.98. The summed E-state index contributed by atoms with van der Waals surface area (Å²) in [4.78, 5) is 28.2. The van der Waals surface area contributed by atoms with Gasteiger partial charge in [-0.3, -0.25) is 9.59 Å². The minimum Gasteiger partial charge on any atom is -0.484 e. The summed E-state index contributed by atoms with van der Waals surface area (Å²) in [5.41, 5.74) is 0.917. The fourth-order valence-electron chi connectivity index (χ4n) is 2.16. The van der Waals surface area contributed by atoms with Crippen molar-refractivity contribution < 1.29 is 18.7 Å². The lowest BCUT2D eigenvalue weighted by Gasteiger charge is -2.11. The molecule has 0 saturated carbocycles. The maximum Gasteiger partial charge on any atom is 0.262 e. The molecule has 0 bridgehead atoms. The molecule has 2 amide bonds. The van der Waals surface area contributed by atoms with Gasteiger partial charge in [0.15, 0.2) is 6.61 Å². The molecule has 0 atom stereocenters. The number of aromatic nitrogens is 1. The first kappa shape index (κ1) is 21.7. The van der Waals surface area contributed by atoms with Crippen LogP contribution in [-0.4, -0.2) is 36.2 Å². The highest BCUT2D eigenvalue weighted by Gasteiger charge is 2.11. The molecule has 0 spiro atoms. The second-order valence-corrected chi connectivity index (χ2v) is 6.78. The van der Waals surface area contributed by atoms with Crippen LogP contribution in [0.3, 0.4) is 0 Å². The lowest BCUT2D eigenvalue weighted by atomic mass is 10.2. The fourth-order valence-corrected chi connectivity index (χ4v) is 2.82. The van der Waals surface area contributed by atoms with Crippen molar-refractivity contribution in [1.82, 2.24) is 15.6 Å². The number of benzene rings is 1. The second kappa shape index (κ2) is 10.7. The number of ether oxygens (including phenoxy) is 1. The van der Waals surface area contributed by atoms with Crippen molar-refractivity contribution in [3.05, 3.63) is 65.2 Å². The van der Waals surface area contributed by atoms with Crippen molar-refractivity contribution >= 4 is 35.2 Å². The van der Waals surface area contributed by atoms with Gasteiger partial charge in [0.1, 0.15) is 16.6 Å². The summed E-state index contributed by atoms with van der Waals surface area (Å²) in [6.45, 7) is 3.74. The zero-order valence-corrected chi connectivity index (χ0v) is 16.7. The Bertz CT molecular complexity index is 879. The molecule has 0 aliphatic carbocycles. The monoisotopic (exact) mass is 423 g/mol. The molecule has 2 aromatic rings. The van der Waals surface area contributed by atoms with Crippen LogP contribution >= 0.6 is 23.4 Å². The van der Waals surface area contributed by atoms with Crippen molar-refractivity contribution in [1.29, 1.82) is 0 Å². The topological polar surface area (TPSA) is 80.3 Å². The molecule has 0 unspecified atom stereocenters. The summed E-state index contributed by atoms with van der Waals surface area (Å²) in [6, 6.07) is 7.30. The van der Waals surface area contributed by atoms with Gasteiger partial charge in [-0.25, -0.2) is 9.37 Å². The molecule has 0 saturated heterocycles. The smallest absolute Gasteiger partial charge is 0.262 e. The minimum atomic E-state index is -0.627. The summed E-state index contributed by atoms with van der Waals surface area (Å²) >= 11 is 6.97. The third kappa shape index (κ3) is 6.54. The Balaban J connectivity index is 1.72. The van der Waals surface area contributed by atoms with Crippen LogP contribution in [0.25, 0.3) is 0 Å². The molecule has 0 radical (unpaired) electrons. The molecule has 2 N–H and O–H groups in total. The number of hydrogen-bond acceptors (Lipinski definition) is 5. The van der Waals surface area contributed by atoms with Gasteiger partial charge in [-0.05, 0) is 30.5 Å². The average Bonchev–Trinajstić information content (AvgIpc) is 2.68. The zero-order valence-electron chi connectivity index (χ0n) is 15.1. The standard InChI is InChI=1S/C19H19ClFN3O3S/c1-12(7-9-22-18(26)14-4-3-8-23-19(14)28-2)24-17(25)11-27-13-5-6-15(20)16(21)10-13/h3-6,8,10H,1,7,9,11H2,2H3,(H,22,26)(H,24,25). The molecule has 2 rings (SSSR count). The lowest BCUT2D eigenvalue weighted by Crippen LogP contribution is -2.31. The van der Waals surface area contributed by atoms with Gasteiger partial charge < -0.3 is 15.4 Å². The number of nitrogens with zero attached hydrogens (tertiary/aromatic N) is 1. The predicted octanol–water partition coefficient (Wildman–Crippen LogP) is 3.42. The average molecular weight is 424 g/mol. The normalized spacial score (nSPS) is 10.2. The molecule has 0 aliphatic rings. The molecule has 1 aromatic heterocycles. The van der Waals surface area contributed by atoms with E-state index >= 15 is 0 Å². The van der Waals surface area contributed by atoms with Crippen LogP contribution in [0, 0.1) is 5.82 Å². The molecule has 148 valence electrons. The summed E-state index contributed by atoms with van der Waals surface area (Å²) in [5.74, 6) is -1.12. The van der Waals surface area contributed by atoms with E-state index < -0.39 is 11.7 Å². The third-order valence-electron chi connectivity index (χ3n) is 3.50. The molecule has 1 heterocycles. The SMILES string of the molecule is C=C(CCNC(=O)c1cccnc1SC)NC(=O)COc1ccc(Cl)c(F)c1. The summed E-state index contributed by atoms with van der Waals surface area (Å²) < 4.78 is 18.5. The molecule has 0 fully saturated rings. The van der Waals surface area contributed by atoms with Crippen molar-refractivity contribution in [2.24, 2.45) is 0 Å². The highest BCUT2D eigenvalue weighted by Crippen LogP contribution is 2.20. The van der Waals surface area contributed by atoms with Crippen LogP contribution in [-0.2, 0) is 4.79 Å². The zero-order chi connectivity index (χ0) is 20.5. The molecular weight excluding hydrogens is 405 g/mol. The molecule has 6 nitrogen and oxygen atoms in total. The number of carbonyl (C=O) groups excluding carboxylic acids is 2. The number of amides is 2. The summed E-state index contributed by atoms with van der Waals surface area (Å²) in [6.07, 6.45) is 3.82. The Kier molecular flexibility index (Phi) is 8.28. The summed E-state index contributed by atoms with van der Waals surface area (Å²) in [7, 11) is 0. The highest BCUT2D eigenvalue weighted by atomic mass is 35.5. The van der Waals surface area contributed by atoms with E-state index in [-0.39, 0.29) is 23.3 Å². The maximum absolute atomic E-state index is 13.3. The molecule has 28 heavy (non-hydrogen) atoms. The Hall–Kier alpha value is -2.58.